The molecule has 1 aliphatic heterocycles. The Kier molecular flexibility index (Phi) is 4.09. The Morgan fingerprint density at radius 3 is 3.00 bits per heavy atom. The minimum atomic E-state index is -0.339. The van der Waals surface area contributed by atoms with Gasteiger partial charge in [0, 0.05) is 25.4 Å². The number of likely N-dealkylation sites (tertiary alicyclic amines) is 1. The predicted molar refractivity (Wildman–Crippen MR) is 65.7 cm³/mol. The fourth-order valence-corrected chi connectivity index (χ4v) is 2.14. The maximum atomic E-state index is 11.8. The van der Waals surface area contributed by atoms with Crippen LogP contribution in [0.15, 0.2) is 12.4 Å². The fourth-order valence-electron chi connectivity index (χ4n) is 2.14. The third kappa shape index (κ3) is 2.76. The van der Waals surface area contributed by atoms with Gasteiger partial charge < -0.3 is 10.3 Å². The number of imide groups is 1. The highest BCUT2D eigenvalue weighted by Crippen LogP contribution is 2.12. The van der Waals surface area contributed by atoms with Crippen LogP contribution in [0.1, 0.15) is 25.6 Å². The third-order valence-corrected chi connectivity index (χ3v) is 3.10. The van der Waals surface area contributed by atoms with Gasteiger partial charge in [-0.2, -0.15) is 0 Å². The number of carbonyl (C=O) groups is 2. The Balaban J connectivity index is 1.71. The van der Waals surface area contributed by atoms with Gasteiger partial charge in [0.1, 0.15) is 5.82 Å². The molecule has 0 bridgehead atoms. The van der Waals surface area contributed by atoms with Crippen molar-refractivity contribution in [2.75, 3.05) is 13.1 Å². The van der Waals surface area contributed by atoms with Crippen LogP contribution in [0.2, 0.25) is 0 Å². The third-order valence-electron chi connectivity index (χ3n) is 3.10. The van der Waals surface area contributed by atoms with E-state index in [-0.39, 0.29) is 24.3 Å². The van der Waals surface area contributed by atoms with Crippen molar-refractivity contribution in [3.63, 3.8) is 0 Å². The first-order valence-electron chi connectivity index (χ1n) is 6.28. The molecule has 0 aromatic carbocycles. The minimum absolute atomic E-state index is 0.0777. The second-order valence-electron chi connectivity index (χ2n) is 4.33. The van der Waals surface area contributed by atoms with Gasteiger partial charge in [0.2, 0.25) is 11.8 Å². The number of aromatic nitrogens is 2. The molecule has 0 aliphatic carbocycles. The molecule has 2 heterocycles. The van der Waals surface area contributed by atoms with Crippen molar-refractivity contribution in [2.45, 2.75) is 32.2 Å². The van der Waals surface area contributed by atoms with Crippen LogP contribution in [-0.4, -0.2) is 45.8 Å². The van der Waals surface area contributed by atoms with E-state index in [1.165, 1.54) is 4.90 Å². The number of likely N-dealkylation sites (N-methyl/N-ethyl adjacent to an activating group) is 1. The topological polar surface area (TPSA) is 78.1 Å². The molecule has 0 saturated carbocycles. The zero-order valence-corrected chi connectivity index (χ0v) is 10.5. The van der Waals surface area contributed by atoms with E-state index in [0.29, 0.717) is 13.1 Å². The molecule has 0 radical (unpaired) electrons. The van der Waals surface area contributed by atoms with E-state index < -0.39 is 0 Å². The highest BCUT2D eigenvalue weighted by Gasteiger charge is 2.36. The van der Waals surface area contributed by atoms with Crippen molar-refractivity contribution in [2.24, 2.45) is 0 Å². The molecule has 1 atom stereocenters. The first kappa shape index (κ1) is 12.8. The smallest absolute Gasteiger partial charge is 0.246 e. The van der Waals surface area contributed by atoms with E-state index in [1.807, 2.05) is 6.92 Å². The number of H-pyrrole nitrogens is 1. The lowest BCUT2D eigenvalue weighted by Gasteiger charge is -2.12. The van der Waals surface area contributed by atoms with Crippen molar-refractivity contribution in [3.05, 3.63) is 18.2 Å². The summed E-state index contributed by atoms with van der Waals surface area (Å²) in [5, 5.41) is 3.13. The van der Waals surface area contributed by atoms with E-state index in [9.17, 15) is 9.59 Å². The number of carbonyl (C=O) groups excluding carboxylic acids is 2. The van der Waals surface area contributed by atoms with Crippen molar-refractivity contribution in [3.8, 4) is 0 Å². The van der Waals surface area contributed by atoms with Crippen LogP contribution in [0.3, 0.4) is 0 Å². The van der Waals surface area contributed by atoms with Gasteiger partial charge in [0.25, 0.3) is 0 Å². The number of nitrogens with one attached hydrogen (secondary N) is 2. The summed E-state index contributed by atoms with van der Waals surface area (Å²) in [6, 6.07) is -0.339. The largest absolute Gasteiger partial charge is 0.349 e. The Labute approximate surface area is 106 Å². The van der Waals surface area contributed by atoms with E-state index in [0.717, 1.165) is 18.7 Å². The maximum absolute atomic E-state index is 11.8. The maximum Gasteiger partial charge on any atom is 0.246 e. The zero-order valence-electron chi connectivity index (χ0n) is 10.5. The van der Waals surface area contributed by atoms with Gasteiger partial charge in [-0.15, -0.1) is 0 Å². The Morgan fingerprint density at radius 2 is 2.39 bits per heavy atom. The van der Waals surface area contributed by atoms with Crippen LogP contribution in [0.4, 0.5) is 0 Å². The van der Waals surface area contributed by atoms with Gasteiger partial charge in [-0.25, -0.2) is 4.98 Å². The Morgan fingerprint density at radius 1 is 1.56 bits per heavy atom. The van der Waals surface area contributed by atoms with Gasteiger partial charge in [-0.3, -0.25) is 14.5 Å². The van der Waals surface area contributed by atoms with Gasteiger partial charge in [-0.05, 0) is 19.9 Å². The summed E-state index contributed by atoms with van der Waals surface area (Å²) in [5.41, 5.74) is 0. The van der Waals surface area contributed by atoms with Crippen molar-refractivity contribution >= 4 is 11.8 Å². The second kappa shape index (κ2) is 5.77. The van der Waals surface area contributed by atoms with E-state index >= 15 is 0 Å². The lowest BCUT2D eigenvalue weighted by molar-refractivity contribution is -0.138. The zero-order chi connectivity index (χ0) is 13.0. The molecule has 6 heteroatoms. The summed E-state index contributed by atoms with van der Waals surface area (Å²) in [6.07, 6.45) is 5.53. The molecule has 1 aromatic rings. The van der Waals surface area contributed by atoms with Gasteiger partial charge in [0.15, 0.2) is 0 Å². The molecule has 0 spiro atoms. The molecule has 2 amide bonds. The summed E-state index contributed by atoms with van der Waals surface area (Å²) in [7, 11) is 0. The summed E-state index contributed by atoms with van der Waals surface area (Å²) < 4.78 is 0. The molecule has 1 aromatic heterocycles. The van der Waals surface area contributed by atoms with Crippen LogP contribution in [0, 0.1) is 0 Å². The Hall–Kier alpha value is -1.69. The number of aryl methyl sites for hydroxylation is 1. The number of hydrogen-bond acceptors (Lipinski definition) is 4. The van der Waals surface area contributed by atoms with Crippen molar-refractivity contribution in [1.82, 2.24) is 20.2 Å². The number of aromatic amines is 1. The van der Waals surface area contributed by atoms with Gasteiger partial charge >= 0.3 is 0 Å². The normalized spacial score (nSPS) is 19.8. The highest BCUT2D eigenvalue weighted by molar-refractivity contribution is 6.05. The van der Waals surface area contributed by atoms with Crippen LogP contribution in [0.25, 0.3) is 0 Å². The van der Waals surface area contributed by atoms with E-state index in [2.05, 4.69) is 15.3 Å². The lowest BCUT2D eigenvalue weighted by atomic mass is 10.2. The number of rotatable bonds is 6. The minimum Gasteiger partial charge on any atom is -0.349 e. The molecular weight excluding hydrogens is 232 g/mol. The van der Waals surface area contributed by atoms with Crippen LogP contribution in [0.5, 0.6) is 0 Å². The molecule has 18 heavy (non-hydrogen) atoms. The summed E-state index contributed by atoms with van der Waals surface area (Å²) >= 11 is 0. The highest BCUT2D eigenvalue weighted by atomic mass is 16.2. The van der Waals surface area contributed by atoms with Crippen molar-refractivity contribution in [1.29, 1.82) is 0 Å². The van der Waals surface area contributed by atoms with E-state index in [4.69, 9.17) is 0 Å². The average Bonchev–Trinajstić information content (AvgIpc) is 2.94. The van der Waals surface area contributed by atoms with E-state index in [1.54, 1.807) is 12.4 Å². The quantitative estimate of drug-likeness (QED) is 0.553. The van der Waals surface area contributed by atoms with Crippen LogP contribution in [-0.2, 0) is 16.0 Å². The first-order chi connectivity index (χ1) is 8.72. The SMILES string of the molecule is CCN1C(=O)CC(NCCCc2ncc[nH]2)C1=O. The molecule has 1 unspecified atom stereocenters. The van der Waals surface area contributed by atoms with Crippen LogP contribution >= 0.6 is 0 Å². The summed E-state index contributed by atoms with van der Waals surface area (Å²) in [6.45, 7) is 2.99. The molecule has 2 N–H and O–H groups in total. The second-order valence-corrected chi connectivity index (χ2v) is 4.33. The summed E-state index contributed by atoms with van der Waals surface area (Å²) in [5.74, 6) is 0.771. The molecule has 1 saturated heterocycles. The first-order valence-corrected chi connectivity index (χ1v) is 6.28. The fraction of sp³-hybridized carbons (Fsp3) is 0.583. The predicted octanol–water partition coefficient (Wildman–Crippen LogP) is 0.0793. The van der Waals surface area contributed by atoms with Crippen molar-refractivity contribution < 1.29 is 9.59 Å². The molecular formula is C12H18N4O2. The molecule has 1 aliphatic rings. The number of imidazole rings is 1. The number of nitrogens with zero attached hydrogens (tertiary/aromatic N) is 2. The molecule has 6 nitrogen and oxygen atoms in total. The average molecular weight is 250 g/mol. The van der Waals surface area contributed by atoms with Crippen LogP contribution < -0.4 is 5.32 Å². The lowest BCUT2D eigenvalue weighted by Crippen LogP contribution is -2.39. The molecule has 1 fully saturated rings. The standard InChI is InChI=1S/C12H18N4O2/c1-2-16-11(17)8-9(12(16)18)13-5-3-4-10-14-6-7-15-10/h6-7,9,13H,2-5,8H2,1H3,(H,14,15). The number of hydrogen-bond donors (Lipinski definition) is 2. The van der Waals surface area contributed by atoms with Gasteiger partial charge in [0.05, 0.1) is 12.5 Å². The Bertz CT molecular complexity index is 416. The molecule has 98 valence electrons. The van der Waals surface area contributed by atoms with Gasteiger partial charge in [-0.1, -0.05) is 0 Å². The number of amides is 2. The monoisotopic (exact) mass is 250 g/mol. The molecule has 2 rings (SSSR count). The summed E-state index contributed by atoms with van der Waals surface area (Å²) in [4.78, 5) is 31.8.